The molecule has 1 aliphatic rings. The quantitative estimate of drug-likeness (QED) is 0.866. The van der Waals surface area contributed by atoms with Crippen LogP contribution in [0.25, 0.3) is 0 Å². The maximum absolute atomic E-state index is 10.9. The molecule has 4 heteroatoms. The maximum atomic E-state index is 10.9. The number of rotatable bonds is 6. The van der Waals surface area contributed by atoms with Crippen molar-refractivity contribution in [2.45, 2.75) is 32.2 Å². The number of carbonyl (C=O) groups is 1. The number of methoxy groups -OCH3 is 1. The molecule has 0 spiro atoms. The van der Waals surface area contributed by atoms with E-state index in [-0.39, 0.29) is 5.91 Å². The first-order valence-corrected chi connectivity index (χ1v) is 7.31. The van der Waals surface area contributed by atoms with E-state index in [0.717, 1.165) is 31.8 Å². The van der Waals surface area contributed by atoms with Crippen molar-refractivity contribution in [3.8, 4) is 5.75 Å². The van der Waals surface area contributed by atoms with Crippen molar-refractivity contribution >= 4 is 5.91 Å². The molecule has 1 atom stereocenters. The number of hydrogen-bond acceptors (Lipinski definition) is 3. The topological polar surface area (TPSA) is 55.6 Å². The zero-order valence-corrected chi connectivity index (χ0v) is 12.2. The normalized spacial score (nSPS) is 19.8. The highest BCUT2D eigenvalue weighted by atomic mass is 16.5. The van der Waals surface area contributed by atoms with E-state index in [2.05, 4.69) is 11.0 Å². The summed E-state index contributed by atoms with van der Waals surface area (Å²) in [6.07, 6.45) is 3.82. The Hall–Kier alpha value is -1.55. The van der Waals surface area contributed by atoms with Gasteiger partial charge in [0.05, 0.1) is 7.11 Å². The maximum Gasteiger partial charge on any atom is 0.217 e. The van der Waals surface area contributed by atoms with Crippen LogP contribution in [0, 0.1) is 5.92 Å². The molecule has 1 amide bonds. The van der Waals surface area contributed by atoms with E-state index in [4.69, 9.17) is 10.5 Å². The molecular weight excluding hydrogens is 252 g/mol. The SMILES string of the molecule is COc1ccccc1CN1CCCC(CCC(N)=O)C1. The lowest BCUT2D eigenvalue weighted by atomic mass is 9.93. The van der Waals surface area contributed by atoms with Gasteiger partial charge >= 0.3 is 0 Å². The van der Waals surface area contributed by atoms with E-state index >= 15 is 0 Å². The van der Waals surface area contributed by atoms with E-state index in [1.807, 2.05) is 18.2 Å². The van der Waals surface area contributed by atoms with Crippen molar-refractivity contribution < 1.29 is 9.53 Å². The number of benzene rings is 1. The minimum Gasteiger partial charge on any atom is -0.496 e. The average molecular weight is 276 g/mol. The number of nitrogens with two attached hydrogens (primary N) is 1. The number of likely N-dealkylation sites (tertiary alicyclic amines) is 1. The fourth-order valence-corrected chi connectivity index (χ4v) is 2.95. The van der Waals surface area contributed by atoms with E-state index in [1.165, 1.54) is 18.4 Å². The Labute approximate surface area is 120 Å². The van der Waals surface area contributed by atoms with E-state index in [0.29, 0.717) is 12.3 Å². The summed E-state index contributed by atoms with van der Waals surface area (Å²) in [4.78, 5) is 13.3. The van der Waals surface area contributed by atoms with Gasteiger partial charge in [0.2, 0.25) is 5.91 Å². The van der Waals surface area contributed by atoms with Crippen LogP contribution in [0.5, 0.6) is 5.75 Å². The fourth-order valence-electron chi connectivity index (χ4n) is 2.95. The van der Waals surface area contributed by atoms with Gasteiger partial charge in [-0.1, -0.05) is 18.2 Å². The fraction of sp³-hybridized carbons (Fsp3) is 0.562. The molecule has 110 valence electrons. The minimum absolute atomic E-state index is 0.188. The zero-order chi connectivity index (χ0) is 14.4. The Morgan fingerprint density at radius 3 is 3.00 bits per heavy atom. The Morgan fingerprint density at radius 1 is 1.45 bits per heavy atom. The summed E-state index contributed by atoms with van der Waals surface area (Å²) in [7, 11) is 1.71. The number of para-hydroxylation sites is 1. The summed E-state index contributed by atoms with van der Waals surface area (Å²) in [5, 5.41) is 0. The van der Waals surface area contributed by atoms with Crippen molar-refractivity contribution in [2.75, 3.05) is 20.2 Å². The second-order valence-electron chi connectivity index (χ2n) is 5.56. The molecule has 0 radical (unpaired) electrons. The largest absolute Gasteiger partial charge is 0.496 e. The lowest BCUT2D eigenvalue weighted by molar-refractivity contribution is -0.118. The van der Waals surface area contributed by atoms with Crippen LogP contribution in [0.4, 0.5) is 0 Å². The number of amides is 1. The van der Waals surface area contributed by atoms with Crippen LogP contribution in [0.1, 0.15) is 31.2 Å². The van der Waals surface area contributed by atoms with Gasteiger partial charge in [-0.15, -0.1) is 0 Å². The molecule has 1 aromatic carbocycles. The Bertz CT molecular complexity index is 448. The summed E-state index contributed by atoms with van der Waals surface area (Å²) in [5.41, 5.74) is 6.46. The second kappa shape index (κ2) is 7.29. The predicted molar refractivity (Wildman–Crippen MR) is 79.4 cm³/mol. The molecule has 20 heavy (non-hydrogen) atoms. The molecule has 1 heterocycles. The van der Waals surface area contributed by atoms with Gasteiger partial charge in [-0.2, -0.15) is 0 Å². The van der Waals surface area contributed by atoms with Crippen LogP contribution in [0.15, 0.2) is 24.3 Å². The van der Waals surface area contributed by atoms with Crippen LogP contribution in [-0.4, -0.2) is 31.0 Å². The second-order valence-corrected chi connectivity index (χ2v) is 5.56. The van der Waals surface area contributed by atoms with Crippen molar-refractivity contribution in [3.63, 3.8) is 0 Å². The third-order valence-corrected chi connectivity index (χ3v) is 3.99. The summed E-state index contributed by atoms with van der Waals surface area (Å²) in [6.45, 7) is 3.08. The lowest BCUT2D eigenvalue weighted by Crippen LogP contribution is -2.35. The number of piperidine rings is 1. The van der Waals surface area contributed by atoms with Crippen LogP contribution in [0.2, 0.25) is 0 Å². The van der Waals surface area contributed by atoms with Crippen LogP contribution >= 0.6 is 0 Å². The standard InChI is InChI=1S/C16H24N2O2/c1-20-15-7-3-2-6-14(15)12-18-10-4-5-13(11-18)8-9-16(17)19/h2-3,6-7,13H,4-5,8-12H2,1H3,(H2,17,19). The molecule has 0 aliphatic carbocycles. The van der Waals surface area contributed by atoms with Gasteiger partial charge in [0.15, 0.2) is 0 Å². The molecule has 1 saturated heterocycles. The summed E-state index contributed by atoms with van der Waals surface area (Å²) in [6, 6.07) is 8.16. The highest BCUT2D eigenvalue weighted by molar-refractivity contribution is 5.73. The predicted octanol–water partition coefficient (Wildman–Crippen LogP) is 2.17. The van der Waals surface area contributed by atoms with Gasteiger partial charge in [0.1, 0.15) is 5.75 Å². The molecule has 0 saturated carbocycles. The van der Waals surface area contributed by atoms with Gasteiger partial charge in [-0.25, -0.2) is 0 Å². The molecule has 2 rings (SSSR count). The van der Waals surface area contributed by atoms with Crippen molar-refractivity contribution in [2.24, 2.45) is 11.7 Å². The molecule has 4 nitrogen and oxygen atoms in total. The third-order valence-electron chi connectivity index (χ3n) is 3.99. The third kappa shape index (κ3) is 4.23. The van der Waals surface area contributed by atoms with Gasteiger partial charge in [0.25, 0.3) is 0 Å². The minimum atomic E-state index is -0.188. The lowest BCUT2D eigenvalue weighted by Gasteiger charge is -2.33. The van der Waals surface area contributed by atoms with Crippen molar-refractivity contribution in [1.29, 1.82) is 0 Å². The molecule has 0 bridgehead atoms. The Morgan fingerprint density at radius 2 is 2.25 bits per heavy atom. The molecule has 1 aromatic rings. The first-order valence-electron chi connectivity index (χ1n) is 7.31. The number of nitrogens with zero attached hydrogens (tertiary/aromatic N) is 1. The van der Waals surface area contributed by atoms with Gasteiger partial charge in [-0.3, -0.25) is 9.69 Å². The molecule has 1 fully saturated rings. The van der Waals surface area contributed by atoms with Crippen LogP contribution in [0.3, 0.4) is 0 Å². The summed E-state index contributed by atoms with van der Waals surface area (Å²) < 4.78 is 5.40. The summed E-state index contributed by atoms with van der Waals surface area (Å²) in [5.74, 6) is 1.35. The molecule has 1 aliphatic heterocycles. The van der Waals surface area contributed by atoms with Crippen molar-refractivity contribution in [3.05, 3.63) is 29.8 Å². The average Bonchev–Trinajstić information content (AvgIpc) is 2.46. The van der Waals surface area contributed by atoms with Crippen LogP contribution < -0.4 is 10.5 Å². The highest BCUT2D eigenvalue weighted by Crippen LogP contribution is 2.25. The van der Waals surface area contributed by atoms with E-state index in [9.17, 15) is 4.79 Å². The van der Waals surface area contributed by atoms with Gasteiger partial charge in [0, 0.05) is 25.1 Å². The number of primary amides is 1. The molecule has 2 N–H and O–H groups in total. The smallest absolute Gasteiger partial charge is 0.217 e. The molecule has 1 unspecified atom stereocenters. The zero-order valence-electron chi connectivity index (χ0n) is 12.2. The first-order chi connectivity index (χ1) is 9.69. The molecular formula is C16H24N2O2. The number of hydrogen-bond donors (Lipinski definition) is 1. The number of ether oxygens (including phenoxy) is 1. The molecule has 0 aromatic heterocycles. The first kappa shape index (κ1) is 14.9. The van der Waals surface area contributed by atoms with Crippen molar-refractivity contribution in [1.82, 2.24) is 4.90 Å². The van der Waals surface area contributed by atoms with Gasteiger partial charge in [-0.05, 0) is 37.8 Å². The monoisotopic (exact) mass is 276 g/mol. The van der Waals surface area contributed by atoms with E-state index < -0.39 is 0 Å². The van der Waals surface area contributed by atoms with E-state index in [1.54, 1.807) is 7.11 Å². The van der Waals surface area contributed by atoms with Crippen LogP contribution in [-0.2, 0) is 11.3 Å². The number of carbonyl (C=O) groups excluding carboxylic acids is 1. The highest BCUT2D eigenvalue weighted by Gasteiger charge is 2.21. The summed E-state index contributed by atoms with van der Waals surface area (Å²) >= 11 is 0. The van der Waals surface area contributed by atoms with Gasteiger partial charge < -0.3 is 10.5 Å². The Kier molecular flexibility index (Phi) is 5.41. The Balaban J connectivity index is 1.90.